The molecule has 3 aliphatic carbocycles. The van der Waals surface area contributed by atoms with Crippen LogP contribution in [0.5, 0.6) is 5.75 Å². The van der Waals surface area contributed by atoms with Crippen LogP contribution in [0.3, 0.4) is 0 Å². The standard InChI is InChI=1S/C50H59N3O14/c1-29-34(63-45(57)39(55)38(33-18-12-13-21-51-33)52-46(58)62-32-16-10-7-11-17-32)26-50(59)43(66-44(56)31-14-8-6-9-15-31)41-48(5,20-19-35-49(41,28-61-35)67-30(2)54)42-40(37(29)47(50,3)4)64-36(65-42)27-53-22-24-60-25-23-53/h6-18,21,34-36,38-43,55,59H,19-20,22-28H2,1-5H3,(H,52,58)/t34-,35+,36+,38+,39+,40+,41?,42+,43-,48+,49-,50+/m0/s1. The molecular weight excluding hydrogens is 867 g/mol. The van der Waals surface area contributed by atoms with Crippen LogP contribution in [-0.2, 0) is 42.7 Å². The predicted molar refractivity (Wildman–Crippen MR) is 236 cm³/mol. The topological polar surface area (TPSA) is 211 Å². The van der Waals surface area contributed by atoms with Gasteiger partial charge >= 0.3 is 24.0 Å². The van der Waals surface area contributed by atoms with Gasteiger partial charge in [0.05, 0.1) is 43.1 Å². The van der Waals surface area contributed by atoms with Crippen LogP contribution in [-0.4, -0.2) is 138 Å². The summed E-state index contributed by atoms with van der Waals surface area (Å²) in [5.74, 6) is -3.18. The second-order valence-electron chi connectivity index (χ2n) is 19.3. The maximum absolute atomic E-state index is 14.5. The second kappa shape index (κ2) is 18.3. The van der Waals surface area contributed by atoms with Crippen LogP contribution in [0.15, 0.2) is 96.2 Å². The Balaban J connectivity index is 1.15. The number of carbonyl (C=O) groups is 4. The average Bonchev–Trinajstić information content (AvgIpc) is 3.72. The number of hydrogen-bond donors (Lipinski definition) is 3. The molecular formula is C50H59N3O14. The minimum Gasteiger partial charge on any atom is -0.456 e. The fourth-order valence-electron chi connectivity index (χ4n) is 11.7. The molecule has 4 heterocycles. The van der Waals surface area contributed by atoms with Crippen molar-refractivity contribution in [1.82, 2.24) is 15.2 Å². The van der Waals surface area contributed by atoms with E-state index in [1.54, 1.807) is 79.7 Å². The van der Waals surface area contributed by atoms with Gasteiger partial charge in [0.15, 0.2) is 18.0 Å². The summed E-state index contributed by atoms with van der Waals surface area (Å²) >= 11 is 0. The van der Waals surface area contributed by atoms with Gasteiger partial charge in [0.25, 0.3) is 0 Å². The number of carbonyl (C=O) groups excluding carboxylic acids is 4. The van der Waals surface area contributed by atoms with Crippen molar-refractivity contribution >= 4 is 24.0 Å². The molecule has 2 bridgehead atoms. The first-order valence-corrected chi connectivity index (χ1v) is 23.0. The van der Waals surface area contributed by atoms with E-state index in [1.807, 2.05) is 20.8 Å². The van der Waals surface area contributed by atoms with E-state index in [2.05, 4.69) is 15.2 Å². The van der Waals surface area contributed by atoms with Gasteiger partial charge in [-0.25, -0.2) is 14.4 Å². The van der Waals surface area contributed by atoms with Crippen molar-refractivity contribution in [2.75, 3.05) is 39.5 Å². The highest BCUT2D eigenvalue weighted by molar-refractivity contribution is 5.89. The van der Waals surface area contributed by atoms with Crippen LogP contribution in [0.4, 0.5) is 4.79 Å². The average molecular weight is 926 g/mol. The van der Waals surface area contributed by atoms with E-state index in [0.717, 1.165) is 0 Å². The zero-order valence-corrected chi connectivity index (χ0v) is 38.3. The van der Waals surface area contributed by atoms with Crippen molar-refractivity contribution in [3.05, 3.63) is 107 Å². The molecule has 2 saturated carbocycles. The number of ether oxygens (including phenoxy) is 8. The van der Waals surface area contributed by atoms with E-state index >= 15 is 0 Å². The number of amides is 1. The summed E-state index contributed by atoms with van der Waals surface area (Å²) in [5.41, 5.74) is -4.29. The van der Waals surface area contributed by atoms with Crippen molar-refractivity contribution < 1.29 is 67.3 Å². The van der Waals surface area contributed by atoms with Crippen molar-refractivity contribution in [3.8, 4) is 5.75 Å². The van der Waals surface area contributed by atoms with Crippen molar-refractivity contribution in [1.29, 1.82) is 0 Å². The summed E-state index contributed by atoms with van der Waals surface area (Å²) in [5, 5.41) is 28.5. The number of nitrogens with one attached hydrogen (secondary N) is 1. The molecule has 5 fully saturated rings. The first-order valence-electron chi connectivity index (χ1n) is 23.0. The Kier molecular flexibility index (Phi) is 12.8. The Morgan fingerprint density at radius 1 is 0.940 bits per heavy atom. The lowest BCUT2D eigenvalue weighted by Crippen LogP contribution is -2.79. The maximum atomic E-state index is 14.5. The van der Waals surface area contributed by atoms with Crippen LogP contribution in [0.1, 0.15) is 76.0 Å². The molecule has 1 aromatic heterocycles. The third-order valence-corrected chi connectivity index (χ3v) is 15.1. The van der Waals surface area contributed by atoms with E-state index in [1.165, 1.54) is 19.2 Å². The number of morpholine rings is 1. The number of pyridine rings is 1. The molecule has 17 nitrogen and oxygen atoms in total. The van der Waals surface area contributed by atoms with Gasteiger partial charge in [-0.2, -0.15) is 0 Å². The summed E-state index contributed by atoms with van der Waals surface area (Å²) < 4.78 is 50.8. The quantitative estimate of drug-likeness (QED) is 0.138. The molecule has 2 aromatic carbocycles. The molecule has 3 aliphatic heterocycles. The number of aromatic nitrogens is 1. The van der Waals surface area contributed by atoms with Gasteiger partial charge in [0.2, 0.25) is 0 Å². The zero-order chi connectivity index (χ0) is 47.3. The molecule has 3 N–H and O–H groups in total. The SMILES string of the molecule is CC(=O)O[C@@]12CO[C@@H]1CC[C@]1(C)C2[C@H](OC(=O)c2ccccc2)[C@]2(O)C[C@H](OC(=O)[C@H](O)[C@H](NC(=O)Oc3ccccc3)c3ccccn3)C(C)=C([C@H]3O[C@@H](CN4CCOCC4)O[C@H]31)C2(C)C. The summed E-state index contributed by atoms with van der Waals surface area (Å²) in [6.07, 6.45) is -6.62. The summed E-state index contributed by atoms with van der Waals surface area (Å²) in [6, 6.07) is 20.1. The van der Waals surface area contributed by atoms with Crippen LogP contribution >= 0.6 is 0 Å². The molecule has 0 spiro atoms. The highest BCUT2D eigenvalue weighted by Gasteiger charge is 2.77. The Labute approximate surface area is 389 Å². The number of aliphatic hydroxyl groups is 2. The van der Waals surface area contributed by atoms with Gasteiger partial charge in [0.1, 0.15) is 41.8 Å². The summed E-state index contributed by atoms with van der Waals surface area (Å²) in [7, 11) is 0. The van der Waals surface area contributed by atoms with Crippen LogP contribution in [0.2, 0.25) is 0 Å². The van der Waals surface area contributed by atoms with E-state index in [-0.39, 0.29) is 30.0 Å². The van der Waals surface area contributed by atoms with Gasteiger partial charge in [-0.15, -0.1) is 0 Å². The Morgan fingerprint density at radius 3 is 2.30 bits per heavy atom. The molecule has 1 amide bonds. The molecule has 3 aromatic rings. The van der Waals surface area contributed by atoms with Crippen molar-refractivity contribution in [2.45, 2.75) is 114 Å². The fourth-order valence-corrected chi connectivity index (χ4v) is 11.7. The largest absolute Gasteiger partial charge is 0.456 e. The first-order chi connectivity index (χ1) is 32.1. The van der Waals surface area contributed by atoms with E-state index < -0.39 is 101 Å². The third-order valence-electron chi connectivity index (χ3n) is 15.1. The van der Waals surface area contributed by atoms with E-state index in [4.69, 9.17) is 37.9 Å². The molecule has 9 rings (SSSR count). The normalized spacial score (nSPS) is 34.0. The molecule has 67 heavy (non-hydrogen) atoms. The maximum Gasteiger partial charge on any atom is 0.413 e. The summed E-state index contributed by atoms with van der Waals surface area (Å²) in [4.78, 5) is 62.1. The Morgan fingerprint density at radius 2 is 1.64 bits per heavy atom. The molecule has 6 aliphatic rings. The smallest absolute Gasteiger partial charge is 0.413 e. The Bertz CT molecular complexity index is 2350. The van der Waals surface area contributed by atoms with Gasteiger partial charge in [0, 0.05) is 50.0 Å². The third kappa shape index (κ3) is 8.42. The minimum absolute atomic E-state index is 0.0379. The van der Waals surface area contributed by atoms with E-state index in [0.29, 0.717) is 56.8 Å². The number of benzene rings is 2. The molecule has 12 atom stereocenters. The first kappa shape index (κ1) is 46.8. The highest BCUT2D eigenvalue weighted by Crippen LogP contribution is 2.66. The minimum atomic E-state index is -2.09. The number of rotatable bonds is 11. The van der Waals surface area contributed by atoms with Crippen molar-refractivity contribution in [3.63, 3.8) is 0 Å². The number of aliphatic hydroxyl groups excluding tert-OH is 1. The van der Waals surface area contributed by atoms with Gasteiger partial charge in [-0.05, 0) is 67.3 Å². The highest BCUT2D eigenvalue weighted by atomic mass is 16.7. The molecule has 17 heteroatoms. The van der Waals surface area contributed by atoms with Gasteiger partial charge < -0.3 is 53.4 Å². The lowest BCUT2D eigenvalue weighted by molar-refractivity contribution is -0.345. The molecule has 358 valence electrons. The number of nitrogens with zero attached hydrogens (tertiary/aromatic N) is 2. The molecule has 3 saturated heterocycles. The summed E-state index contributed by atoms with van der Waals surface area (Å²) in [6.45, 7) is 11.6. The second-order valence-corrected chi connectivity index (χ2v) is 19.3. The zero-order valence-electron chi connectivity index (χ0n) is 38.3. The fraction of sp³-hybridized carbons (Fsp3) is 0.540. The van der Waals surface area contributed by atoms with Crippen LogP contribution < -0.4 is 10.1 Å². The van der Waals surface area contributed by atoms with E-state index in [9.17, 15) is 29.4 Å². The number of hydrogen-bond acceptors (Lipinski definition) is 16. The number of esters is 3. The number of para-hydroxylation sites is 1. The van der Waals surface area contributed by atoms with Gasteiger partial charge in [-0.3, -0.25) is 14.7 Å². The predicted octanol–water partition coefficient (Wildman–Crippen LogP) is 4.46. The monoisotopic (exact) mass is 925 g/mol. The lowest BCUT2D eigenvalue weighted by atomic mass is 9.45. The van der Waals surface area contributed by atoms with Crippen molar-refractivity contribution in [2.24, 2.45) is 16.7 Å². The molecule has 1 unspecified atom stereocenters. The van der Waals surface area contributed by atoms with Crippen LogP contribution in [0.25, 0.3) is 0 Å². The Hall–Kier alpha value is -5.27. The van der Waals surface area contributed by atoms with Gasteiger partial charge in [-0.1, -0.05) is 63.2 Å². The lowest BCUT2D eigenvalue weighted by Gasteiger charge is -2.68. The number of fused-ring (bicyclic) bond motifs is 8. The van der Waals surface area contributed by atoms with Crippen LogP contribution in [0, 0.1) is 16.7 Å². The molecule has 0 radical (unpaired) electrons.